The minimum absolute atomic E-state index is 0.0983. The minimum atomic E-state index is -2.11. The Morgan fingerprint density at radius 3 is 2.42 bits per heavy atom. The minimum Gasteiger partial charge on any atom is -0.479 e. The molecule has 3 N–H and O–H groups in total. The summed E-state index contributed by atoms with van der Waals surface area (Å²) < 4.78 is 0. The number of carboxylic acids is 1. The Labute approximate surface area is 108 Å². The number of likely N-dealkylation sites (N-methyl/N-ethyl adjacent to an activating group) is 1. The summed E-state index contributed by atoms with van der Waals surface area (Å²) >= 11 is 0. The number of carbonyl (C=O) groups excluding carboxylic acids is 3. The maximum atomic E-state index is 11.5. The van der Waals surface area contributed by atoms with Crippen LogP contribution in [0.5, 0.6) is 0 Å². The molecule has 9 nitrogen and oxygen atoms in total. The molecule has 0 radical (unpaired) electrons. The number of urea groups is 1. The van der Waals surface area contributed by atoms with E-state index in [4.69, 9.17) is 5.11 Å². The van der Waals surface area contributed by atoms with Gasteiger partial charge >= 0.3 is 12.0 Å². The van der Waals surface area contributed by atoms with Gasteiger partial charge in [0.25, 0.3) is 5.91 Å². The molecule has 1 atom stereocenters. The van der Waals surface area contributed by atoms with Crippen LogP contribution in [-0.4, -0.2) is 76.1 Å². The molecule has 1 heterocycles. The SMILES string of the molecule is CN1CC(=O)N(CC(=O)NCC(C)(O)C(=O)O)C1=O. The molecule has 0 bridgehead atoms. The molecule has 0 aromatic heterocycles. The predicted molar refractivity (Wildman–Crippen MR) is 61.0 cm³/mol. The van der Waals surface area contributed by atoms with Gasteiger partial charge < -0.3 is 20.4 Å². The van der Waals surface area contributed by atoms with Gasteiger partial charge in [0, 0.05) is 7.05 Å². The van der Waals surface area contributed by atoms with Gasteiger partial charge in [-0.15, -0.1) is 0 Å². The van der Waals surface area contributed by atoms with Crippen molar-refractivity contribution in [1.29, 1.82) is 0 Å². The van der Waals surface area contributed by atoms with Crippen molar-refractivity contribution in [3.63, 3.8) is 0 Å². The lowest BCUT2D eigenvalue weighted by Gasteiger charge is -2.19. The third kappa shape index (κ3) is 3.41. The molecule has 0 saturated carbocycles. The quantitative estimate of drug-likeness (QED) is 0.489. The first-order valence-electron chi connectivity index (χ1n) is 5.43. The number of rotatable bonds is 5. The molecule has 0 aromatic carbocycles. The normalized spacial score (nSPS) is 18.5. The molecule has 0 spiro atoms. The van der Waals surface area contributed by atoms with Crippen LogP contribution in [0.2, 0.25) is 0 Å². The lowest BCUT2D eigenvalue weighted by molar-refractivity contribution is -0.156. The highest BCUT2D eigenvalue weighted by Gasteiger charge is 2.35. The van der Waals surface area contributed by atoms with Gasteiger partial charge in [-0.05, 0) is 6.92 Å². The van der Waals surface area contributed by atoms with E-state index in [9.17, 15) is 24.3 Å². The molecule has 4 amide bonds. The van der Waals surface area contributed by atoms with Crippen LogP contribution < -0.4 is 5.32 Å². The third-order valence-electron chi connectivity index (χ3n) is 2.62. The Balaban J connectivity index is 2.51. The monoisotopic (exact) mass is 273 g/mol. The summed E-state index contributed by atoms with van der Waals surface area (Å²) in [6.45, 7) is -0.0978. The molecule has 1 aliphatic heterocycles. The average molecular weight is 273 g/mol. The largest absolute Gasteiger partial charge is 0.479 e. The van der Waals surface area contributed by atoms with E-state index in [0.717, 1.165) is 16.7 Å². The first-order valence-corrected chi connectivity index (χ1v) is 5.43. The number of imide groups is 1. The smallest absolute Gasteiger partial charge is 0.337 e. The summed E-state index contributed by atoms with van der Waals surface area (Å²) in [5.74, 6) is -2.72. The van der Waals surface area contributed by atoms with Crippen LogP contribution in [0.25, 0.3) is 0 Å². The third-order valence-corrected chi connectivity index (χ3v) is 2.62. The van der Waals surface area contributed by atoms with Crippen LogP contribution in [0.3, 0.4) is 0 Å². The summed E-state index contributed by atoms with van der Waals surface area (Å²) in [7, 11) is 1.42. The standard InChI is InChI=1S/C10H15N3O6/c1-10(19,8(16)17)5-11-6(14)3-13-7(15)4-12(2)9(13)18/h19H,3-5H2,1-2H3,(H,11,14)(H,16,17). The Hall–Kier alpha value is -2.16. The second kappa shape index (κ2) is 5.22. The number of nitrogens with one attached hydrogen (secondary N) is 1. The zero-order valence-electron chi connectivity index (χ0n) is 10.5. The van der Waals surface area contributed by atoms with Gasteiger partial charge in [0.15, 0.2) is 5.60 Å². The highest BCUT2D eigenvalue weighted by Crippen LogP contribution is 2.07. The van der Waals surface area contributed by atoms with Gasteiger partial charge in [0.2, 0.25) is 5.91 Å². The molecule has 106 valence electrons. The second-order valence-corrected chi connectivity index (χ2v) is 4.47. The zero-order chi connectivity index (χ0) is 14.8. The summed E-state index contributed by atoms with van der Waals surface area (Å²) in [6, 6.07) is -0.592. The molecule has 0 aromatic rings. The number of hydrogen-bond acceptors (Lipinski definition) is 5. The molecule has 1 rings (SSSR count). The van der Waals surface area contributed by atoms with E-state index in [1.54, 1.807) is 0 Å². The van der Waals surface area contributed by atoms with Crippen LogP contribution in [-0.2, 0) is 14.4 Å². The highest BCUT2D eigenvalue weighted by molar-refractivity contribution is 6.04. The number of hydrogen-bond donors (Lipinski definition) is 3. The van der Waals surface area contributed by atoms with E-state index < -0.39 is 42.5 Å². The van der Waals surface area contributed by atoms with Gasteiger partial charge in [-0.2, -0.15) is 0 Å². The lowest BCUT2D eigenvalue weighted by Crippen LogP contribution is -2.49. The van der Waals surface area contributed by atoms with Crippen molar-refractivity contribution in [2.45, 2.75) is 12.5 Å². The molecular weight excluding hydrogens is 258 g/mol. The maximum absolute atomic E-state index is 11.5. The van der Waals surface area contributed by atoms with E-state index in [-0.39, 0.29) is 6.54 Å². The molecule has 1 saturated heterocycles. The predicted octanol–water partition coefficient (Wildman–Crippen LogP) is -2.17. The van der Waals surface area contributed by atoms with Crippen molar-refractivity contribution in [3.05, 3.63) is 0 Å². The molecule has 19 heavy (non-hydrogen) atoms. The van der Waals surface area contributed by atoms with Crippen LogP contribution in [0.15, 0.2) is 0 Å². The molecule has 9 heteroatoms. The Bertz CT molecular complexity index is 433. The van der Waals surface area contributed by atoms with Crippen molar-refractivity contribution in [1.82, 2.24) is 15.1 Å². The Morgan fingerprint density at radius 2 is 2.00 bits per heavy atom. The second-order valence-electron chi connectivity index (χ2n) is 4.47. The van der Waals surface area contributed by atoms with Crippen molar-refractivity contribution in [3.8, 4) is 0 Å². The zero-order valence-corrected chi connectivity index (χ0v) is 10.5. The number of aliphatic hydroxyl groups is 1. The topological polar surface area (TPSA) is 127 Å². The number of nitrogens with zero attached hydrogens (tertiary/aromatic N) is 2. The van der Waals surface area contributed by atoms with Crippen molar-refractivity contribution >= 4 is 23.8 Å². The number of amides is 4. The van der Waals surface area contributed by atoms with Gasteiger partial charge in [-0.25, -0.2) is 9.59 Å². The number of carbonyl (C=O) groups is 4. The molecular formula is C10H15N3O6. The summed E-state index contributed by atoms with van der Waals surface area (Å²) in [5.41, 5.74) is -2.11. The van der Waals surface area contributed by atoms with Crippen LogP contribution in [0.1, 0.15) is 6.92 Å². The number of aliphatic carboxylic acids is 1. The Morgan fingerprint density at radius 1 is 1.42 bits per heavy atom. The van der Waals surface area contributed by atoms with Gasteiger partial charge in [-0.1, -0.05) is 0 Å². The summed E-state index contributed by atoms with van der Waals surface area (Å²) in [5, 5.41) is 20.2. The molecule has 1 unspecified atom stereocenters. The van der Waals surface area contributed by atoms with Crippen LogP contribution >= 0.6 is 0 Å². The maximum Gasteiger partial charge on any atom is 0.337 e. The van der Waals surface area contributed by atoms with Crippen molar-refractivity contribution < 1.29 is 29.4 Å². The fourth-order valence-corrected chi connectivity index (χ4v) is 1.37. The van der Waals surface area contributed by atoms with E-state index >= 15 is 0 Å². The van der Waals surface area contributed by atoms with Crippen molar-refractivity contribution in [2.75, 3.05) is 26.7 Å². The van der Waals surface area contributed by atoms with Gasteiger partial charge in [-0.3, -0.25) is 14.5 Å². The van der Waals surface area contributed by atoms with Gasteiger partial charge in [0.05, 0.1) is 6.54 Å². The van der Waals surface area contributed by atoms with Gasteiger partial charge in [0.1, 0.15) is 13.1 Å². The molecule has 1 fully saturated rings. The fourth-order valence-electron chi connectivity index (χ4n) is 1.37. The average Bonchev–Trinajstić information content (AvgIpc) is 2.53. The van der Waals surface area contributed by atoms with Crippen LogP contribution in [0, 0.1) is 0 Å². The fraction of sp³-hybridized carbons (Fsp3) is 0.600. The first-order chi connectivity index (χ1) is 8.65. The summed E-state index contributed by atoms with van der Waals surface area (Å²) in [4.78, 5) is 46.8. The van der Waals surface area contributed by atoms with E-state index in [1.165, 1.54) is 7.05 Å². The summed E-state index contributed by atoms with van der Waals surface area (Å²) in [6.07, 6.45) is 0. The number of carboxylic acid groups (broad SMARTS) is 1. The molecule has 1 aliphatic rings. The lowest BCUT2D eigenvalue weighted by atomic mass is 10.1. The highest BCUT2D eigenvalue weighted by atomic mass is 16.4. The Kier molecular flexibility index (Phi) is 4.10. The van der Waals surface area contributed by atoms with Crippen LogP contribution in [0.4, 0.5) is 4.79 Å². The van der Waals surface area contributed by atoms with E-state index in [2.05, 4.69) is 5.32 Å². The van der Waals surface area contributed by atoms with E-state index in [0.29, 0.717) is 0 Å². The van der Waals surface area contributed by atoms with Crippen molar-refractivity contribution in [2.24, 2.45) is 0 Å². The van der Waals surface area contributed by atoms with E-state index in [1.807, 2.05) is 0 Å². The first kappa shape index (κ1) is 14.9. The molecule has 0 aliphatic carbocycles.